The van der Waals surface area contributed by atoms with Crippen molar-refractivity contribution in [3.05, 3.63) is 89.1 Å². The summed E-state index contributed by atoms with van der Waals surface area (Å²) < 4.78 is 0. The van der Waals surface area contributed by atoms with Crippen LogP contribution < -0.4 is 5.32 Å². The van der Waals surface area contributed by atoms with Crippen LogP contribution in [0.2, 0.25) is 5.02 Å². The second-order valence-corrected chi connectivity index (χ2v) is 6.35. The zero-order valence-electron chi connectivity index (χ0n) is 14.1. The SMILES string of the molecule is Cc1nc(NC(c2ccc(Cl)cc2)c2cccnc2)c2cccnc2n1. The maximum absolute atomic E-state index is 6.06. The predicted octanol–water partition coefficient (Wildman–Crippen LogP) is 4.58. The lowest BCUT2D eigenvalue weighted by Crippen LogP contribution is -2.14. The molecule has 6 heteroatoms. The lowest BCUT2D eigenvalue weighted by Gasteiger charge is -2.21. The van der Waals surface area contributed by atoms with Gasteiger partial charge in [-0.25, -0.2) is 15.0 Å². The Balaban J connectivity index is 1.82. The van der Waals surface area contributed by atoms with E-state index in [2.05, 4.69) is 25.3 Å². The highest BCUT2D eigenvalue weighted by Gasteiger charge is 2.17. The van der Waals surface area contributed by atoms with E-state index < -0.39 is 0 Å². The molecule has 4 aromatic rings. The molecule has 1 atom stereocenters. The molecule has 1 aromatic carbocycles. The van der Waals surface area contributed by atoms with Gasteiger partial charge in [0.2, 0.25) is 0 Å². The van der Waals surface area contributed by atoms with Gasteiger partial charge in [0.15, 0.2) is 5.65 Å². The third kappa shape index (κ3) is 3.34. The summed E-state index contributed by atoms with van der Waals surface area (Å²) in [4.78, 5) is 17.6. The number of pyridine rings is 2. The summed E-state index contributed by atoms with van der Waals surface area (Å²) in [5.41, 5.74) is 2.77. The van der Waals surface area contributed by atoms with Crippen LogP contribution in [0.15, 0.2) is 67.1 Å². The average molecular weight is 362 g/mol. The minimum atomic E-state index is -0.126. The summed E-state index contributed by atoms with van der Waals surface area (Å²) in [6.07, 6.45) is 5.34. The summed E-state index contributed by atoms with van der Waals surface area (Å²) >= 11 is 6.06. The molecule has 0 amide bonds. The fourth-order valence-corrected chi connectivity index (χ4v) is 3.00. The number of hydrogen-bond acceptors (Lipinski definition) is 5. The van der Waals surface area contributed by atoms with Crippen molar-refractivity contribution in [2.75, 3.05) is 5.32 Å². The molecule has 5 nitrogen and oxygen atoms in total. The van der Waals surface area contributed by atoms with Crippen LogP contribution in [0, 0.1) is 6.92 Å². The van der Waals surface area contributed by atoms with E-state index >= 15 is 0 Å². The Hall–Kier alpha value is -3.05. The first-order valence-electron chi connectivity index (χ1n) is 8.22. The molecular formula is C20H16ClN5. The number of anilines is 1. The molecule has 1 N–H and O–H groups in total. The maximum atomic E-state index is 6.06. The molecule has 0 fully saturated rings. The molecule has 0 aliphatic rings. The van der Waals surface area contributed by atoms with Gasteiger partial charge in [-0.3, -0.25) is 4.98 Å². The molecule has 3 heterocycles. The van der Waals surface area contributed by atoms with Crippen LogP contribution >= 0.6 is 11.6 Å². The monoisotopic (exact) mass is 361 g/mol. The van der Waals surface area contributed by atoms with Gasteiger partial charge in [-0.15, -0.1) is 0 Å². The number of nitrogens with one attached hydrogen (secondary N) is 1. The molecule has 0 aliphatic carbocycles. The Kier molecular flexibility index (Phi) is 4.46. The smallest absolute Gasteiger partial charge is 0.164 e. The number of hydrogen-bond donors (Lipinski definition) is 1. The highest BCUT2D eigenvalue weighted by Crippen LogP contribution is 2.29. The molecule has 4 rings (SSSR count). The van der Waals surface area contributed by atoms with E-state index in [0.29, 0.717) is 16.5 Å². The van der Waals surface area contributed by atoms with Crippen molar-refractivity contribution in [3.63, 3.8) is 0 Å². The fourth-order valence-electron chi connectivity index (χ4n) is 2.88. The van der Waals surface area contributed by atoms with Crippen LogP contribution in [0.1, 0.15) is 23.0 Å². The topological polar surface area (TPSA) is 63.6 Å². The Labute approximate surface area is 156 Å². The van der Waals surface area contributed by atoms with Gasteiger partial charge >= 0.3 is 0 Å². The Bertz CT molecular complexity index is 1030. The number of benzene rings is 1. The van der Waals surface area contributed by atoms with Crippen LogP contribution in [0.4, 0.5) is 5.82 Å². The summed E-state index contributed by atoms with van der Waals surface area (Å²) in [5, 5.41) is 5.12. The molecule has 0 aliphatic heterocycles. The van der Waals surface area contributed by atoms with Gasteiger partial charge in [-0.2, -0.15) is 0 Å². The third-order valence-corrected chi connectivity index (χ3v) is 4.34. The van der Waals surface area contributed by atoms with E-state index in [1.807, 2.05) is 61.7 Å². The predicted molar refractivity (Wildman–Crippen MR) is 103 cm³/mol. The van der Waals surface area contributed by atoms with Gasteiger partial charge in [-0.1, -0.05) is 29.8 Å². The van der Waals surface area contributed by atoms with E-state index in [1.54, 1.807) is 12.4 Å². The number of aryl methyl sites for hydroxylation is 1. The highest BCUT2D eigenvalue weighted by atomic mass is 35.5. The van der Waals surface area contributed by atoms with Gasteiger partial charge in [0, 0.05) is 23.6 Å². The van der Waals surface area contributed by atoms with Crippen LogP contribution in [-0.2, 0) is 0 Å². The quantitative estimate of drug-likeness (QED) is 0.576. The van der Waals surface area contributed by atoms with Gasteiger partial charge in [0.25, 0.3) is 0 Å². The molecule has 0 saturated carbocycles. The minimum Gasteiger partial charge on any atom is -0.358 e. The molecule has 0 radical (unpaired) electrons. The number of nitrogens with zero attached hydrogens (tertiary/aromatic N) is 4. The summed E-state index contributed by atoms with van der Waals surface area (Å²) in [6, 6.07) is 15.4. The van der Waals surface area contributed by atoms with E-state index in [9.17, 15) is 0 Å². The van der Waals surface area contributed by atoms with Crippen molar-refractivity contribution in [2.24, 2.45) is 0 Å². The molecule has 0 spiro atoms. The number of fused-ring (bicyclic) bond motifs is 1. The first-order valence-corrected chi connectivity index (χ1v) is 8.60. The standard InChI is InChI=1S/C20H16ClN5/c1-13-24-19-17(5-3-11-23-19)20(25-13)26-18(15-4-2-10-22-12-15)14-6-8-16(21)9-7-14/h2-12,18H,1H3,(H,23,24,25,26). The van der Waals surface area contributed by atoms with Crippen LogP contribution in [0.25, 0.3) is 11.0 Å². The van der Waals surface area contributed by atoms with Crippen molar-refractivity contribution in [1.29, 1.82) is 0 Å². The normalized spacial score (nSPS) is 12.1. The third-order valence-electron chi connectivity index (χ3n) is 4.09. The molecule has 3 aromatic heterocycles. The van der Waals surface area contributed by atoms with Gasteiger partial charge in [-0.05, 0) is 48.4 Å². The Morgan fingerprint density at radius 3 is 2.50 bits per heavy atom. The van der Waals surface area contributed by atoms with Crippen LogP contribution in [0.3, 0.4) is 0 Å². The lowest BCUT2D eigenvalue weighted by atomic mass is 10.00. The molecule has 0 bridgehead atoms. The zero-order valence-corrected chi connectivity index (χ0v) is 14.9. The molecular weight excluding hydrogens is 346 g/mol. The second-order valence-electron chi connectivity index (χ2n) is 5.91. The number of halogens is 1. The van der Waals surface area contributed by atoms with Gasteiger partial charge < -0.3 is 5.32 Å². The zero-order chi connectivity index (χ0) is 17.9. The molecule has 1 unspecified atom stereocenters. The van der Waals surface area contributed by atoms with Crippen molar-refractivity contribution >= 4 is 28.5 Å². The average Bonchev–Trinajstić information content (AvgIpc) is 2.67. The summed E-state index contributed by atoms with van der Waals surface area (Å²) in [6.45, 7) is 1.86. The van der Waals surface area contributed by atoms with E-state index in [-0.39, 0.29) is 6.04 Å². The lowest BCUT2D eigenvalue weighted by molar-refractivity contribution is 0.911. The number of rotatable bonds is 4. The van der Waals surface area contributed by atoms with E-state index in [0.717, 1.165) is 22.3 Å². The van der Waals surface area contributed by atoms with Crippen molar-refractivity contribution < 1.29 is 0 Å². The fraction of sp³-hybridized carbons (Fsp3) is 0.100. The van der Waals surface area contributed by atoms with Crippen molar-refractivity contribution in [1.82, 2.24) is 19.9 Å². The first kappa shape index (κ1) is 16.4. The van der Waals surface area contributed by atoms with Gasteiger partial charge in [0.05, 0.1) is 11.4 Å². The highest BCUT2D eigenvalue weighted by molar-refractivity contribution is 6.30. The molecule has 128 valence electrons. The first-order chi connectivity index (χ1) is 12.7. The molecule has 26 heavy (non-hydrogen) atoms. The van der Waals surface area contributed by atoms with E-state index in [4.69, 9.17) is 11.6 Å². The Morgan fingerprint density at radius 1 is 0.923 bits per heavy atom. The summed E-state index contributed by atoms with van der Waals surface area (Å²) in [5.74, 6) is 1.41. The van der Waals surface area contributed by atoms with Crippen LogP contribution in [0.5, 0.6) is 0 Å². The van der Waals surface area contributed by atoms with Crippen molar-refractivity contribution in [3.8, 4) is 0 Å². The van der Waals surface area contributed by atoms with E-state index in [1.165, 1.54) is 0 Å². The molecule has 0 saturated heterocycles. The maximum Gasteiger partial charge on any atom is 0.164 e. The largest absolute Gasteiger partial charge is 0.358 e. The minimum absolute atomic E-state index is 0.126. The number of aromatic nitrogens is 4. The van der Waals surface area contributed by atoms with Crippen LogP contribution in [-0.4, -0.2) is 19.9 Å². The van der Waals surface area contributed by atoms with Crippen molar-refractivity contribution in [2.45, 2.75) is 13.0 Å². The summed E-state index contributed by atoms with van der Waals surface area (Å²) in [7, 11) is 0. The second kappa shape index (κ2) is 7.06. The Morgan fingerprint density at radius 2 is 1.73 bits per heavy atom. The van der Waals surface area contributed by atoms with Gasteiger partial charge in [0.1, 0.15) is 11.6 Å².